The van der Waals surface area contributed by atoms with Crippen LogP contribution in [-0.4, -0.2) is 71.2 Å². The number of hydrogen-bond donors (Lipinski definition) is 0. The fraction of sp³-hybridized carbons (Fsp3) is 0.625. The number of piperidine rings is 1. The first-order valence-electron chi connectivity index (χ1n) is 7.98. The summed E-state index contributed by atoms with van der Waals surface area (Å²) in [5, 5.41) is 0. The number of hydrogen-bond acceptors (Lipinski definition) is 3. The molecule has 3 rings (SSSR count). The molecule has 0 aliphatic carbocycles. The molecule has 2 aliphatic heterocycles. The van der Waals surface area contributed by atoms with E-state index in [2.05, 4.69) is 0 Å². The molecule has 6 nitrogen and oxygen atoms in total. The summed E-state index contributed by atoms with van der Waals surface area (Å²) in [5.41, 5.74) is -1.28. The number of halogens is 1. The first kappa shape index (κ1) is 16.0. The van der Waals surface area contributed by atoms with E-state index in [0.717, 1.165) is 0 Å². The molecule has 7 heteroatoms. The van der Waals surface area contributed by atoms with Crippen molar-refractivity contribution in [2.75, 3.05) is 39.4 Å². The van der Waals surface area contributed by atoms with E-state index in [-0.39, 0.29) is 31.8 Å². The highest BCUT2D eigenvalue weighted by molar-refractivity contribution is 5.93. The fourth-order valence-corrected chi connectivity index (χ4v) is 3.17. The summed E-state index contributed by atoms with van der Waals surface area (Å²) in [4.78, 5) is 28.0. The Kier molecular flexibility index (Phi) is 4.39. The molecule has 23 heavy (non-hydrogen) atoms. The van der Waals surface area contributed by atoms with Crippen molar-refractivity contribution in [1.82, 2.24) is 14.4 Å². The van der Waals surface area contributed by atoms with E-state index >= 15 is 4.39 Å². The molecule has 0 spiro atoms. The van der Waals surface area contributed by atoms with Crippen molar-refractivity contribution in [3.63, 3.8) is 0 Å². The molecule has 2 amide bonds. The minimum Gasteiger partial charge on any atom is -0.378 e. The second-order valence-corrected chi connectivity index (χ2v) is 6.17. The van der Waals surface area contributed by atoms with Gasteiger partial charge in [0.2, 0.25) is 0 Å². The van der Waals surface area contributed by atoms with Gasteiger partial charge >= 0.3 is 0 Å². The van der Waals surface area contributed by atoms with Crippen molar-refractivity contribution in [2.24, 2.45) is 7.05 Å². The van der Waals surface area contributed by atoms with Crippen LogP contribution in [0.3, 0.4) is 0 Å². The van der Waals surface area contributed by atoms with Crippen LogP contribution in [0.15, 0.2) is 18.3 Å². The second-order valence-electron chi connectivity index (χ2n) is 6.17. The maximum Gasteiger partial charge on any atom is 0.270 e. The molecule has 3 heterocycles. The van der Waals surface area contributed by atoms with Gasteiger partial charge in [-0.25, -0.2) is 4.39 Å². The van der Waals surface area contributed by atoms with Crippen LogP contribution in [0.2, 0.25) is 0 Å². The van der Waals surface area contributed by atoms with E-state index in [9.17, 15) is 9.59 Å². The van der Waals surface area contributed by atoms with Gasteiger partial charge in [-0.3, -0.25) is 9.59 Å². The third-order valence-electron chi connectivity index (χ3n) is 4.69. The second kappa shape index (κ2) is 6.31. The number of rotatable bonds is 2. The van der Waals surface area contributed by atoms with Gasteiger partial charge in [-0.15, -0.1) is 0 Å². The van der Waals surface area contributed by atoms with E-state index < -0.39 is 11.6 Å². The molecule has 1 aromatic rings. The zero-order chi connectivity index (χ0) is 16.4. The van der Waals surface area contributed by atoms with Crippen LogP contribution in [0.5, 0.6) is 0 Å². The summed E-state index contributed by atoms with van der Waals surface area (Å²) >= 11 is 0. The number of amides is 2. The molecule has 0 bridgehead atoms. The summed E-state index contributed by atoms with van der Waals surface area (Å²) in [5.74, 6) is -0.565. The molecule has 2 saturated heterocycles. The summed E-state index contributed by atoms with van der Waals surface area (Å²) in [6.45, 7) is 2.32. The predicted octanol–water partition coefficient (Wildman–Crippen LogP) is 0.828. The van der Waals surface area contributed by atoms with Crippen molar-refractivity contribution in [3.8, 4) is 0 Å². The van der Waals surface area contributed by atoms with E-state index in [0.29, 0.717) is 32.0 Å². The lowest BCUT2D eigenvalue weighted by Crippen LogP contribution is -2.55. The molecule has 0 atom stereocenters. The van der Waals surface area contributed by atoms with Gasteiger partial charge in [0.05, 0.1) is 13.2 Å². The Morgan fingerprint density at radius 2 is 1.78 bits per heavy atom. The Bertz CT molecular complexity index is 587. The van der Waals surface area contributed by atoms with Crippen LogP contribution < -0.4 is 0 Å². The molecule has 0 aromatic carbocycles. The zero-order valence-electron chi connectivity index (χ0n) is 13.3. The van der Waals surface area contributed by atoms with Gasteiger partial charge in [0, 0.05) is 52.3 Å². The third-order valence-corrected chi connectivity index (χ3v) is 4.69. The SMILES string of the molecule is Cn1cccc1C(=O)N1CCC(F)(C(=O)N2CCOCC2)CC1. The first-order chi connectivity index (χ1) is 11.0. The van der Waals surface area contributed by atoms with Gasteiger partial charge in [0.1, 0.15) is 5.69 Å². The van der Waals surface area contributed by atoms with Gasteiger partial charge in [-0.2, -0.15) is 0 Å². The van der Waals surface area contributed by atoms with Gasteiger partial charge in [-0.1, -0.05) is 0 Å². The Labute approximate surface area is 134 Å². The number of nitrogens with zero attached hydrogens (tertiary/aromatic N) is 3. The number of aryl methyl sites for hydroxylation is 1. The Balaban J connectivity index is 1.62. The topological polar surface area (TPSA) is 54.8 Å². The van der Waals surface area contributed by atoms with E-state index in [4.69, 9.17) is 4.74 Å². The van der Waals surface area contributed by atoms with Crippen LogP contribution in [-0.2, 0) is 16.6 Å². The van der Waals surface area contributed by atoms with Crippen LogP contribution in [0, 0.1) is 0 Å². The summed E-state index contributed by atoms with van der Waals surface area (Å²) in [6, 6.07) is 3.55. The monoisotopic (exact) mass is 323 g/mol. The Morgan fingerprint density at radius 3 is 2.35 bits per heavy atom. The molecule has 2 fully saturated rings. The molecule has 1 aromatic heterocycles. The molecule has 0 unspecified atom stereocenters. The Morgan fingerprint density at radius 1 is 1.13 bits per heavy atom. The van der Waals surface area contributed by atoms with Crippen molar-refractivity contribution in [2.45, 2.75) is 18.5 Å². The number of likely N-dealkylation sites (tertiary alicyclic amines) is 1. The van der Waals surface area contributed by atoms with Gasteiger partial charge in [-0.05, 0) is 12.1 Å². The van der Waals surface area contributed by atoms with Crippen molar-refractivity contribution in [1.29, 1.82) is 0 Å². The van der Waals surface area contributed by atoms with E-state index in [1.54, 1.807) is 34.8 Å². The molecule has 0 radical (unpaired) electrons. The van der Waals surface area contributed by atoms with Gasteiger partial charge < -0.3 is 19.1 Å². The molecule has 0 saturated carbocycles. The molecule has 0 N–H and O–H groups in total. The van der Waals surface area contributed by atoms with Crippen molar-refractivity contribution in [3.05, 3.63) is 24.0 Å². The third kappa shape index (κ3) is 3.10. The lowest BCUT2D eigenvalue weighted by Gasteiger charge is -2.39. The Hall–Kier alpha value is -1.89. The highest BCUT2D eigenvalue weighted by Crippen LogP contribution is 2.30. The molecular weight excluding hydrogens is 301 g/mol. The highest BCUT2D eigenvalue weighted by Gasteiger charge is 2.45. The predicted molar refractivity (Wildman–Crippen MR) is 81.8 cm³/mol. The van der Waals surface area contributed by atoms with Crippen LogP contribution >= 0.6 is 0 Å². The van der Waals surface area contributed by atoms with Crippen molar-refractivity contribution >= 4 is 11.8 Å². The minimum absolute atomic E-state index is 0.0549. The van der Waals surface area contributed by atoms with Crippen LogP contribution in [0.1, 0.15) is 23.3 Å². The normalized spacial score (nSPS) is 21.3. The molecular formula is C16H22FN3O3. The van der Waals surface area contributed by atoms with Gasteiger partial charge in [0.25, 0.3) is 11.8 Å². The average molecular weight is 323 g/mol. The smallest absolute Gasteiger partial charge is 0.270 e. The number of aromatic nitrogens is 1. The van der Waals surface area contributed by atoms with Crippen LogP contribution in [0.25, 0.3) is 0 Å². The first-order valence-corrected chi connectivity index (χ1v) is 7.98. The quantitative estimate of drug-likeness (QED) is 0.810. The molecule has 2 aliphatic rings. The maximum absolute atomic E-state index is 15.0. The highest BCUT2D eigenvalue weighted by atomic mass is 19.1. The lowest BCUT2D eigenvalue weighted by molar-refractivity contribution is -0.151. The summed E-state index contributed by atoms with van der Waals surface area (Å²) in [6.07, 6.45) is 1.91. The zero-order valence-corrected chi connectivity index (χ0v) is 13.3. The van der Waals surface area contributed by atoms with E-state index in [1.165, 1.54) is 4.90 Å². The number of carbonyl (C=O) groups is 2. The maximum atomic E-state index is 15.0. The lowest BCUT2D eigenvalue weighted by atomic mass is 9.91. The largest absolute Gasteiger partial charge is 0.378 e. The minimum atomic E-state index is -1.86. The number of alkyl halides is 1. The number of ether oxygens (including phenoxy) is 1. The van der Waals surface area contributed by atoms with E-state index in [1.807, 2.05) is 0 Å². The number of morpholine rings is 1. The summed E-state index contributed by atoms with van der Waals surface area (Å²) in [7, 11) is 1.80. The van der Waals surface area contributed by atoms with Gasteiger partial charge in [0.15, 0.2) is 5.67 Å². The van der Waals surface area contributed by atoms with Crippen molar-refractivity contribution < 1.29 is 18.7 Å². The van der Waals surface area contributed by atoms with Crippen LogP contribution in [0.4, 0.5) is 4.39 Å². The summed E-state index contributed by atoms with van der Waals surface area (Å²) < 4.78 is 22.0. The number of carbonyl (C=O) groups excluding carboxylic acids is 2. The standard InChI is InChI=1S/C16H22FN3O3/c1-18-6-2-3-13(18)14(21)19-7-4-16(17,5-8-19)15(22)20-9-11-23-12-10-20/h2-3,6H,4-5,7-12H2,1H3. The molecule has 126 valence electrons. The average Bonchev–Trinajstić information content (AvgIpc) is 3.01. The fourth-order valence-electron chi connectivity index (χ4n) is 3.17.